The van der Waals surface area contributed by atoms with Crippen LogP contribution in [0.3, 0.4) is 0 Å². The number of carboxylic acids is 1. The number of amides is 1. The number of benzene rings is 2. The molecular formula is C18H18N3NaO6. The van der Waals surface area contributed by atoms with Crippen LogP contribution in [0.4, 0.5) is 11.4 Å². The van der Waals surface area contributed by atoms with Gasteiger partial charge in [-0.2, -0.15) is 0 Å². The Bertz CT molecular complexity index is 887. The minimum Gasteiger partial charge on any atom is -1.00 e. The van der Waals surface area contributed by atoms with Crippen molar-refractivity contribution in [2.24, 2.45) is 0 Å². The van der Waals surface area contributed by atoms with Crippen LogP contribution in [0.25, 0.3) is 0 Å². The van der Waals surface area contributed by atoms with Crippen molar-refractivity contribution in [1.82, 2.24) is 5.32 Å². The van der Waals surface area contributed by atoms with Gasteiger partial charge in [0.05, 0.1) is 4.92 Å². The van der Waals surface area contributed by atoms with E-state index in [0.717, 1.165) is 0 Å². The number of allylic oxidation sites excluding steroid dienone is 1. The van der Waals surface area contributed by atoms with E-state index in [2.05, 4.69) is 10.6 Å². The average Bonchev–Trinajstić information content (AvgIpc) is 2.60. The molecule has 0 fully saturated rings. The number of aliphatic carboxylic acids is 1. The summed E-state index contributed by atoms with van der Waals surface area (Å²) in [5.74, 6) is -1.66. The minimum atomic E-state index is -1.15. The Labute approximate surface area is 184 Å². The molecule has 0 radical (unpaired) electrons. The number of hydrogen-bond acceptors (Lipinski definition) is 6. The molecule has 9 nitrogen and oxygen atoms in total. The third-order valence-electron chi connectivity index (χ3n) is 3.54. The Balaban J connectivity index is 0.00000392. The van der Waals surface area contributed by atoms with Crippen molar-refractivity contribution in [3.05, 3.63) is 76.0 Å². The van der Waals surface area contributed by atoms with E-state index in [1.807, 2.05) is 0 Å². The maximum Gasteiger partial charge on any atom is 1.00 e. The van der Waals surface area contributed by atoms with Gasteiger partial charge in [-0.15, -0.1) is 0 Å². The molecule has 0 aliphatic rings. The molecule has 0 aromatic heterocycles. The van der Waals surface area contributed by atoms with Gasteiger partial charge < -0.3 is 22.3 Å². The Morgan fingerprint density at radius 1 is 1.14 bits per heavy atom. The standard InChI is InChI=1S/C18H17N3O6.Na.H/c1-11(19-17(18(24)25)12-2-8-15(22)9-3-12)10-16(23)20-13-4-6-14(7-5-13)21(26)27;;/h2-10,17,19,22H,1H3,(H,20,23)(H,24,25);;/q;+1;-1/b11-10+;;. The molecule has 0 saturated heterocycles. The van der Waals surface area contributed by atoms with Gasteiger partial charge in [-0.05, 0) is 36.8 Å². The number of phenolic OH excluding ortho intramolecular Hbond substituents is 1. The summed E-state index contributed by atoms with van der Waals surface area (Å²) in [5, 5.41) is 34.5. The molecular weight excluding hydrogens is 377 g/mol. The second-order valence-corrected chi connectivity index (χ2v) is 5.63. The number of phenols is 1. The van der Waals surface area contributed by atoms with Crippen LogP contribution in [-0.4, -0.2) is 27.0 Å². The molecule has 2 aromatic carbocycles. The number of nitrogens with one attached hydrogen (secondary N) is 2. The van der Waals surface area contributed by atoms with Gasteiger partial charge in [0, 0.05) is 29.6 Å². The van der Waals surface area contributed by atoms with Gasteiger partial charge in [0.25, 0.3) is 5.69 Å². The number of nitrogens with zero attached hydrogens (tertiary/aromatic N) is 1. The maximum atomic E-state index is 12.0. The van der Waals surface area contributed by atoms with E-state index < -0.39 is 22.8 Å². The first-order valence-electron chi connectivity index (χ1n) is 7.78. The molecule has 1 unspecified atom stereocenters. The zero-order valence-electron chi connectivity index (χ0n) is 16.2. The number of aromatic hydroxyl groups is 1. The molecule has 1 atom stereocenters. The van der Waals surface area contributed by atoms with Crippen LogP contribution in [0.15, 0.2) is 60.3 Å². The zero-order valence-corrected chi connectivity index (χ0v) is 17.2. The van der Waals surface area contributed by atoms with Gasteiger partial charge in [-0.1, -0.05) is 12.1 Å². The van der Waals surface area contributed by atoms with Crippen molar-refractivity contribution in [3.63, 3.8) is 0 Å². The number of anilines is 1. The number of carbonyl (C=O) groups is 2. The Kier molecular flexibility index (Phi) is 8.65. The first-order valence-corrected chi connectivity index (χ1v) is 7.78. The van der Waals surface area contributed by atoms with E-state index in [0.29, 0.717) is 16.9 Å². The number of rotatable bonds is 7. The summed E-state index contributed by atoms with van der Waals surface area (Å²) in [6.45, 7) is 1.53. The molecule has 1 amide bonds. The topological polar surface area (TPSA) is 142 Å². The quantitative estimate of drug-likeness (QED) is 0.218. The van der Waals surface area contributed by atoms with E-state index >= 15 is 0 Å². The maximum absolute atomic E-state index is 12.0. The zero-order chi connectivity index (χ0) is 20.0. The van der Waals surface area contributed by atoms with Gasteiger partial charge >= 0.3 is 35.5 Å². The predicted octanol–water partition coefficient (Wildman–Crippen LogP) is -0.325. The van der Waals surface area contributed by atoms with Gasteiger partial charge in [-0.3, -0.25) is 14.9 Å². The molecule has 0 bridgehead atoms. The van der Waals surface area contributed by atoms with Crippen molar-refractivity contribution >= 4 is 23.3 Å². The molecule has 0 saturated carbocycles. The summed E-state index contributed by atoms with van der Waals surface area (Å²) in [5.41, 5.74) is 0.973. The van der Waals surface area contributed by atoms with Crippen LogP contribution in [-0.2, 0) is 9.59 Å². The second kappa shape index (κ2) is 10.5. The molecule has 0 aliphatic carbocycles. The van der Waals surface area contributed by atoms with Gasteiger partial charge in [0.2, 0.25) is 5.91 Å². The summed E-state index contributed by atoms with van der Waals surface area (Å²) < 4.78 is 0. The predicted molar refractivity (Wildman–Crippen MR) is 98.2 cm³/mol. The molecule has 142 valence electrons. The van der Waals surface area contributed by atoms with Crippen molar-refractivity contribution in [2.75, 3.05) is 5.32 Å². The number of nitro benzene ring substituents is 1. The van der Waals surface area contributed by atoms with Crippen molar-refractivity contribution < 1.29 is 55.7 Å². The summed E-state index contributed by atoms with van der Waals surface area (Å²) >= 11 is 0. The number of hydrogen-bond donors (Lipinski definition) is 4. The summed E-state index contributed by atoms with van der Waals surface area (Å²) in [6.07, 6.45) is 1.18. The smallest absolute Gasteiger partial charge is 1.00 e. The molecule has 2 aromatic rings. The average molecular weight is 395 g/mol. The van der Waals surface area contributed by atoms with Crippen molar-refractivity contribution in [2.45, 2.75) is 13.0 Å². The number of nitro groups is 1. The van der Waals surface area contributed by atoms with E-state index in [4.69, 9.17) is 0 Å². The summed E-state index contributed by atoms with van der Waals surface area (Å²) in [4.78, 5) is 33.6. The van der Waals surface area contributed by atoms with Gasteiger partial charge in [0.1, 0.15) is 11.8 Å². The fraction of sp³-hybridized carbons (Fsp3) is 0.111. The monoisotopic (exact) mass is 395 g/mol. The van der Waals surface area contributed by atoms with Crippen LogP contribution in [0.1, 0.15) is 20.0 Å². The first kappa shape index (κ1) is 23.2. The van der Waals surface area contributed by atoms with Crippen LogP contribution < -0.4 is 40.2 Å². The third-order valence-corrected chi connectivity index (χ3v) is 3.54. The fourth-order valence-electron chi connectivity index (χ4n) is 2.27. The first-order chi connectivity index (χ1) is 12.8. The Morgan fingerprint density at radius 2 is 1.71 bits per heavy atom. The molecule has 10 heteroatoms. The van der Waals surface area contributed by atoms with Crippen molar-refractivity contribution in [3.8, 4) is 5.75 Å². The van der Waals surface area contributed by atoms with Gasteiger partial charge in [-0.25, -0.2) is 4.79 Å². The molecule has 0 aliphatic heterocycles. The SMILES string of the molecule is C/C(=C\C(=O)Nc1ccc([N+](=O)[O-])cc1)NC(C(=O)O)c1ccc(O)cc1.[H-].[Na+]. The number of carboxylic acid groups (broad SMARTS) is 1. The number of non-ortho nitro benzene ring substituents is 1. The second-order valence-electron chi connectivity index (χ2n) is 5.63. The molecule has 0 spiro atoms. The number of carbonyl (C=O) groups excluding carboxylic acids is 1. The molecule has 4 N–H and O–H groups in total. The normalized spacial score (nSPS) is 11.7. The molecule has 2 rings (SSSR count). The van der Waals surface area contributed by atoms with E-state index in [1.165, 1.54) is 61.5 Å². The Morgan fingerprint density at radius 3 is 2.21 bits per heavy atom. The van der Waals surface area contributed by atoms with Gasteiger partial charge in [0.15, 0.2) is 0 Å². The van der Waals surface area contributed by atoms with Crippen LogP contribution in [0.2, 0.25) is 0 Å². The van der Waals surface area contributed by atoms with E-state index in [9.17, 15) is 29.9 Å². The van der Waals surface area contributed by atoms with E-state index in [1.54, 1.807) is 0 Å². The summed E-state index contributed by atoms with van der Waals surface area (Å²) in [6, 6.07) is 9.86. The van der Waals surface area contributed by atoms with Crippen LogP contribution in [0, 0.1) is 10.1 Å². The van der Waals surface area contributed by atoms with Crippen LogP contribution in [0.5, 0.6) is 5.75 Å². The van der Waals surface area contributed by atoms with E-state index in [-0.39, 0.29) is 42.4 Å². The minimum absolute atomic E-state index is 0. The van der Waals surface area contributed by atoms with Crippen molar-refractivity contribution in [1.29, 1.82) is 0 Å². The molecule has 0 heterocycles. The third kappa shape index (κ3) is 6.69. The largest absolute Gasteiger partial charge is 1.00 e. The summed E-state index contributed by atoms with van der Waals surface area (Å²) in [7, 11) is 0. The fourth-order valence-corrected chi connectivity index (χ4v) is 2.27. The van der Waals surface area contributed by atoms with Crippen LogP contribution >= 0.6 is 0 Å². The Hall–Kier alpha value is -2.88. The molecule has 28 heavy (non-hydrogen) atoms.